The Morgan fingerprint density at radius 3 is 2.91 bits per heavy atom. The number of thiophene rings is 2. The maximum absolute atomic E-state index is 11.7. The first kappa shape index (κ1) is 15.8. The van der Waals surface area contributed by atoms with Crippen LogP contribution in [0.15, 0.2) is 51.8 Å². The maximum atomic E-state index is 11.7. The topological polar surface area (TPSA) is 74.5 Å². The Morgan fingerprint density at radius 1 is 1.26 bits per heavy atom. The lowest BCUT2D eigenvalue weighted by atomic mass is 10.2. The van der Waals surface area contributed by atoms with Crippen LogP contribution in [0.2, 0.25) is 0 Å². The summed E-state index contributed by atoms with van der Waals surface area (Å²) in [6.07, 6.45) is 0.874. The van der Waals surface area contributed by atoms with Crippen molar-refractivity contribution in [3.05, 3.63) is 57.1 Å². The smallest absolute Gasteiger partial charge is 0.315 e. The van der Waals surface area contributed by atoms with Crippen molar-refractivity contribution >= 4 is 28.7 Å². The molecule has 0 saturated carbocycles. The van der Waals surface area contributed by atoms with Crippen LogP contribution in [0, 0.1) is 0 Å². The molecule has 0 bridgehead atoms. The third kappa shape index (κ3) is 4.22. The fourth-order valence-electron chi connectivity index (χ4n) is 2.03. The molecule has 0 aliphatic carbocycles. The van der Waals surface area contributed by atoms with Gasteiger partial charge in [-0.2, -0.15) is 0 Å². The highest BCUT2D eigenvalue weighted by atomic mass is 32.1. The van der Waals surface area contributed by atoms with Gasteiger partial charge < -0.3 is 20.2 Å². The van der Waals surface area contributed by atoms with Gasteiger partial charge in [0.05, 0.1) is 19.4 Å². The van der Waals surface area contributed by atoms with E-state index in [-0.39, 0.29) is 12.6 Å². The van der Waals surface area contributed by atoms with Crippen LogP contribution >= 0.6 is 22.7 Å². The highest BCUT2D eigenvalue weighted by molar-refractivity contribution is 7.10. The molecule has 5 nitrogen and oxygen atoms in total. The first-order valence-electron chi connectivity index (χ1n) is 7.07. The molecule has 7 heteroatoms. The molecule has 0 radical (unpaired) electrons. The van der Waals surface area contributed by atoms with E-state index in [4.69, 9.17) is 4.42 Å². The normalized spacial score (nSPS) is 12.0. The number of carbonyl (C=O) groups excluding carboxylic acids is 1. The maximum Gasteiger partial charge on any atom is 0.315 e. The van der Waals surface area contributed by atoms with Crippen molar-refractivity contribution in [1.82, 2.24) is 10.6 Å². The predicted molar refractivity (Wildman–Crippen MR) is 91.5 cm³/mol. The number of rotatable bonds is 6. The van der Waals surface area contributed by atoms with Crippen LogP contribution in [0.1, 0.15) is 15.9 Å². The lowest BCUT2D eigenvalue weighted by Gasteiger charge is -2.10. The number of nitrogens with one attached hydrogen (secondary N) is 2. The minimum atomic E-state index is -0.740. The van der Waals surface area contributed by atoms with E-state index in [1.54, 1.807) is 17.6 Å². The van der Waals surface area contributed by atoms with Crippen LogP contribution in [-0.4, -0.2) is 17.7 Å². The third-order valence-corrected chi connectivity index (χ3v) is 5.12. The van der Waals surface area contributed by atoms with Crippen LogP contribution in [-0.2, 0) is 6.54 Å². The molecule has 0 fully saturated rings. The van der Waals surface area contributed by atoms with Gasteiger partial charge in [0.2, 0.25) is 0 Å². The Bertz CT molecular complexity index is 735. The Balaban J connectivity index is 1.47. The predicted octanol–water partition coefficient (Wildman–Crippen LogP) is 3.60. The standard InChI is InChI=1S/C16H16N2O3S2/c19-13(9-18-16(20)17-8-12-3-2-6-22-12)15-7-11(10-23-15)14-4-1-5-21-14/h1-7,10,13,19H,8-9H2,(H2,17,18,20). The fraction of sp³-hybridized carbons (Fsp3) is 0.188. The molecule has 3 aromatic heterocycles. The van der Waals surface area contributed by atoms with Crippen LogP contribution in [0.5, 0.6) is 0 Å². The summed E-state index contributed by atoms with van der Waals surface area (Å²) >= 11 is 3.03. The van der Waals surface area contributed by atoms with Crippen molar-refractivity contribution < 1.29 is 14.3 Å². The monoisotopic (exact) mass is 348 g/mol. The Morgan fingerprint density at radius 2 is 2.17 bits per heavy atom. The summed E-state index contributed by atoms with van der Waals surface area (Å²) in [5.41, 5.74) is 0.927. The van der Waals surface area contributed by atoms with Gasteiger partial charge in [-0.1, -0.05) is 6.07 Å². The summed E-state index contributed by atoms with van der Waals surface area (Å²) in [6.45, 7) is 0.648. The summed E-state index contributed by atoms with van der Waals surface area (Å²) in [7, 11) is 0. The molecule has 120 valence electrons. The molecule has 3 aromatic rings. The van der Waals surface area contributed by atoms with Gasteiger partial charge in [0.25, 0.3) is 0 Å². The lowest BCUT2D eigenvalue weighted by Crippen LogP contribution is -2.37. The average Bonchev–Trinajstić information content (AvgIpc) is 3.31. The number of hydrogen-bond acceptors (Lipinski definition) is 5. The number of aliphatic hydroxyl groups is 1. The Hall–Kier alpha value is -2.09. The first-order valence-corrected chi connectivity index (χ1v) is 8.83. The highest BCUT2D eigenvalue weighted by Gasteiger charge is 2.13. The van der Waals surface area contributed by atoms with E-state index >= 15 is 0 Å². The fourth-order valence-corrected chi connectivity index (χ4v) is 3.56. The van der Waals surface area contributed by atoms with Gasteiger partial charge in [0, 0.05) is 20.7 Å². The second-order valence-electron chi connectivity index (χ2n) is 4.87. The summed E-state index contributed by atoms with van der Waals surface area (Å²) in [5, 5.41) is 19.5. The lowest BCUT2D eigenvalue weighted by molar-refractivity contribution is 0.176. The zero-order valence-electron chi connectivity index (χ0n) is 12.2. The Kier molecular flexibility index (Phi) is 5.12. The molecule has 0 saturated heterocycles. The molecule has 0 aliphatic rings. The largest absolute Gasteiger partial charge is 0.464 e. The average molecular weight is 348 g/mol. The van der Waals surface area contributed by atoms with Crippen molar-refractivity contribution in [3.63, 3.8) is 0 Å². The number of furan rings is 1. The molecule has 23 heavy (non-hydrogen) atoms. The molecule has 2 amide bonds. The van der Waals surface area contributed by atoms with Gasteiger partial charge in [-0.25, -0.2) is 4.79 Å². The van der Waals surface area contributed by atoms with E-state index in [9.17, 15) is 9.90 Å². The van der Waals surface area contributed by atoms with E-state index < -0.39 is 6.10 Å². The third-order valence-electron chi connectivity index (χ3n) is 3.21. The van der Waals surface area contributed by atoms with Crippen LogP contribution in [0.3, 0.4) is 0 Å². The highest BCUT2D eigenvalue weighted by Crippen LogP contribution is 2.29. The van der Waals surface area contributed by atoms with E-state index in [1.807, 2.05) is 41.1 Å². The summed E-state index contributed by atoms with van der Waals surface area (Å²) < 4.78 is 5.32. The van der Waals surface area contributed by atoms with Gasteiger partial charge >= 0.3 is 6.03 Å². The van der Waals surface area contributed by atoms with Crippen molar-refractivity contribution in [3.8, 4) is 11.3 Å². The molecule has 0 spiro atoms. The van der Waals surface area contributed by atoms with Gasteiger partial charge in [0.15, 0.2) is 0 Å². The summed E-state index contributed by atoms with van der Waals surface area (Å²) in [5.74, 6) is 0.765. The summed E-state index contributed by atoms with van der Waals surface area (Å²) in [6, 6.07) is 9.18. The van der Waals surface area contributed by atoms with Crippen LogP contribution < -0.4 is 10.6 Å². The minimum absolute atomic E-state index is 0.161. The molecule has 0 aliphatic heterocycles. The number of hydrogen-bond donors (Lipinski definition) is 3. The molecule has 3 rings (SSSR count). The van der Waals surface area contributed by atoms with Crippen LogP contribution in [0.4, 0.5) is 4.79 Å². The summed E-state index contributed by atoms with van der Waals surface area (Å²) in [4.78, 5) is 13.6. The quantitative estimate of drug-likeness (QED) is 0.637. The van der Waals surface area contributed by atoms with Crippen molar-refractivity contribution in [2.24, 2.45) is 0 Å². The van der Waals surface area contributed by atoms with E-state index in [1.165, 1.54) is 11.3 Å². The van der Waals surface area contributed by atoms with Gasteiger partial charge in [-0.15, -0.1) is 22.7 Å². The van der Waals surface area contributed by atoms with Gasteiger partial charge in [-0.3, -0.25) is 0 Å². The van der Waals surface area contributed by atoms with Crippen molar-refractivity contribution in [2.45, 2.75) is 12.6 Å². The molecule has 1 unspecified atom stereocenters. The zero-order valence-corrected chi connectivity index (χ0v) is 13.8. The molecule has 0 aromatic carbocycles. The van der Waals surface area contributed by atoms with Crippen molar-refractivity contribution in [2.75, 3.05) is 6.54 Å². The number of aliphatic hydroxyl groups excluding tert-OH is 1. The number of urea groups is 1. The second kappa shape index (κ2) is 7.45. The SMILES string of the molecule is O=C(NCc1cccs1)NCC(O)c1cc(-c2ccco2)cs1. The Labute approximate surface area is 141 Å². The van der Waals surface area contributed by atoms with Crippen molar-refractivity contribution in [1.29, 1.82) is 0 Å². The zero-order chi connectivity index (χ0) is 16.1. The van der Waals surface area contributed by atoms with E-state index in [0.717, 1.165) is 21.1 Å². The molecule has 3 N–H and O–H groups in total. The van der Waals surface area contributed by atoms with Gasteiger partial charge in [0.1, 0.15) is 11.9 Å². The molecule has 1 atom stereocenters. The number of carbonyl (C=O) groups is 1. The van der Waals surface area contributed by atoms with E-state index in [0.29, 0.717) is 6.54 Å². The number of amides is 2. The van der Waals surface area contributed by atoms with E-state index in [2.05, 4.69) is 10.6 Å². The molecular formula is C16H16N2O3S2. The minimum Gasteiger partial charge on any atom is -0.464 e. The first-order chi connectivity index (χ1) is 11.2. The van der Waals surface area contributed by atoms with Gasteiger partial charge in [-0.05, 0) is 29.6 Å². The van der Waals surface area contributed by atoms with Crippen LogP contribution in [0.25, 0.3) is 11.3 Å². The molecular weight excluding hydrogens is 332 g/mol. The second-order valence-corrected chi connectivity index (χ2v) is 6.85. The molecule has 3 heterocycles.